The average molecular weight is 292 g/mol. The van der Waals surface area contributed by atoms with Gasteiger partial charge in [-0.1, -0.05) is 12.1 Å². The Hall–Kier alpha value is -1.59. The van der Waals surface area contributed by atoms with Crippen LogP contribution in [-0.2, 0) is 0 Å². The summed E-state index contributed by atoms with van der Waals surface area (Å²) in [5, 5.41) is 6.07. The molecular weight excluding hydrogens is 264 g/mol. The van der Waals surface area contributed by atoms with Crippen LogP contribution in [0.25, 0.3) is 0 Å². The number of amides is 2. The number of primary amides is 1. The van der Waals surface area contributed by atoms with Crippen molar-refractivity contribution in [2.75, 3.05) is 25.5 Å². The second-order valence-electron chi connectivity index (χ2n) is 5.71. The molecule has 1 rings (SSSR count). The normalized spacial score (nSPS) is 12.7. The number of carbonyl (C=O) groups is 1. The molecule has 0 spiro atoms. The lowest BCUT2D eigenvalue weighted by Crippen LogP contribution is -2.30. The minimum Gasteiger partial charge on any atom is -0.351 e. The minimum atomic E-state index is -0.539. The molecule has 0 bridgehead atoms. The number of hydrogen-bond acceptors (Lipinski definition) is 3. The number of nitrogens with zero attached hydrogens (tertiary/aromatic N) is 1. The van der Waals surface area contributed by atoms with Crippen LogP contribution in [0.2, 0.25) is 0 Å². The van der Waals surface area contributed by atoms with Gasteiger partial charge in [0.05, 0.1) is 0 Å². The van der Waals surface area contributed by atoms with Crippen LogP contribution in [0, 0.1) is 0 Å². The summed E-state index contributed by atoms with van der Waals surface area (Å²) in [5.74, 6) is 0. The molecule has 5 heteroatoms. The summed E-state index contributed by atoms with van der Waals surface area (Å²) in [7, 11) is 2.15. The van der Waals surface area contributed by atoms with E-state index in [-0.39, 0.29) is 6.04 Å². The maximum absolute atomic E-state index is 10.8. The van der Waals surface area contributed by atoms with E-state index in [9.17, 15) is 4.79 Å². The van der Waals surface area contributed by atoms with E-state index < -0.39 is 6.03 Å². The molecule has 0 radical (unpaired) electrons. The van der Waals surface area contributed by atoms with Crippen molar-refractivity contribution >= 4 is 11.7 Å². The Morgan fingerprint density at radius 3 is 2.38 bits per heavy atom. The van der Waals surface area contributed by atoms with E-state index in [1.807, 2.05) is 24.3 Å². The number of nitrogens with one attached hydrogen (secondary N) is 2. The molecule has 1 unspecified atom stereocenters. The molecule has 118 valence electrons. The van der Waals surface area contributed by atoms with E-state index in [0.717, 1.165) is 25.2 Å². The first-order valence-electron chi connectivity index (χ1n) is 7.50. The lowest BCUT2D eigenvalue weighted by atomic mass is 10.1. The first-order chi connectivity index (χ1) is 9.90. The van der Waals surface area contributed by atoms with E-state index in [2.05, 4.69) is 43.4 Å². The zero-order valence-electron chi connectivity index (χ0n) is 13.5. The van der Waals surface area contributed by atoms with Gasteiger partial charge in [0.15, 0.2) is 0 Å². The van der Waals surface area contributed by atoms with E-state index >= 15 is 0 Å². The number of rotatable bonds is 8. The number of anilines is 1. The van der Waals surface area contributed by atoms with Crippen molar-refractivity contribution in [2.24, 2.45) is 5.73 Å². The Morgan fingerprint density at radius 1 is 1.24 bits per heavy atom. The van der Waals surface area contributed by atoms with Gasteiger partial charge in [-0.15, -0.1) is 0 Å². The molecule has 1 atom stereocenters. The van der Waals surface area contributed by atoms with Crippen molar-refractivity contribution in [1.82, 2.24) is 10.2 Å². The van der Waals surface area contributed by atoms with Gasteiger partial charge in [0.25, 0.3) is 0 Å². The quantitative estimate of drug-likeness (QED) is 0.645. The van der Waals surface area contributed by atoms with E-state index in [1.54, 1.807) is 0 Å². The number of urea groups is 1. The molecule has 0 fully saturated rings. The molecule has 0 aliphatic heterocycles. The topological polar surface area (TPSA) is 70.4 Å². The average Bonchev–Trinajstić information content (AvgIpc) is 2.43. The molecule has 1 aromatic rings. The predicted octanol–water partition coefficient (Wildman–Crippen LogP) is 2.56. The van der Waals surface area contributed by atoms with Crippen LogP contribution in [-0.4, -0.2) is 37.1 Å². The predicted molar refractivity (Wildman–Crippen MR) is 88.4 cm³/mol. The van der Waals surface area contributed by atoms with Gasteiger partial charge in [0, 0.05) is 17.8 Å². The first kappa shape index (κ1) is 17.5. The van der Waals surface area contributed by atoms with Gasteiger partial charge in [-0.2, -0.15) is 0 Å². The van der Waals surface area contributed by atoms with Gasteiger partial charge in [-0.25, -0.2) is 4.79 Å². The highest BCUT2D eigenvalue weighted by Gasteiger charge is 2.06. The molecule has 0 aliphatic carbocycles. The fourth-order valence-corrected chi connectivity index (χ4v) is 2.02. The van der Waals surface area contributed by atoms with E-state index in [1.165, 1.54) is 5.56 Å². The van der Waals surface area contributed by atoms with Crippen molar-refractivity contribution in [3.63, 3.8) is 0 Å². The molecule has 0 aliphatic rings. The molecule has 21 heavy (non-hydrogen) atoms. The summed E-state index contributed by atoms with van der Waals surface area (Å²) in [5.41, 5.74) is 7.00. The number of nitrogens with two attached hydrogens (primary N) is 1. The van der Waals surface area contributed by atoms with Crippen molar-refractivity contribution < 1.29 is 4.79 Å². The standard InChI is InChI=1S/C16H28N4O/c1-12(2)20(4)11-5-10-18-13(3)14-6-8-15(9-7-14)19-16(17)21/h6-9,12-13,18H,5,10-11H2,1-4H3,(H3,17,19,21). The van der Waals surface area contributed by atoms with Crippen molar-refractivity contribution in [2.45, 2.75) is 39.3 Å². The van der Waals surface area contributed by atoms with Crippen molar-refractivity contribution in [3.8, 4) is 0 Å². The van der Waals surface area contributed by atoms with Crippen LogP contribution in [0.1, 0.15) is 38.8 Å². The van der Waals surface area contributed by atoms with Gasteiger partial charge in [-0.3, -0.25) is 0 Å². The first-order valence-corrected chi connectivity index (χ1v) is 7.50. The minimum absolute atomic E-state index is 0.289. The van der Waals surface area contributed by atoms with Gasteiger partial charge in [0.1, 0.15) is 0 Å². The maximum atomic E-state index is 10.8. The highest BCUT2D eigenvalue weighted by Crippen LogP contribution is 2.15. The largest absolute Gasteiger partial charge is 0.351 e. The van der Waals surface area contributed by atoms with Crippen molar-refractivity contribution in [1.29, 1.82) is 0 Å². The molecular formula is C16H28N4O. The molecule has 4 N–H and O–H groups in total. The summed E-state index contributed by atoms with van der Waals surface area (Å²) in [6, 6.07) is 8.08. The second-order valence-corrected chi connectivity index (χ2v) is 5.71. The molecule has 0 aromatic heterocycles. The summed E-state index contributed by atoms with van der Waals surface area (Å²) in [6.07, 6.45) is 1.13. The van der Waals surface area contributed by atoms with Gasteiger partial charge in [-0.05, 0) is 65.0 Å². The zero-order valence-corrected chi connectivity index (χ0v) is 13.5. The lowest BCUT2D eigenvalue weighted by molar-refractivity contribution is 0.259. The Labute approximate surface area is 127 Å². The molecule has 5 nitrogen and oxygen atoms in total. The van der Waals surface area contributed by atoms with E-state index in [0.29, 0.717) is 6.04 Å². The maximum Gasteiger partial charge on any atom is 0.316 e. The van der Waals surface area contributed by atoms with Crippen LogP contribution < -0.4 is 16.4 Å². The van der Waals surface area contributed by atoms with Crippen LogP contribution in [0.5, 0.6) is 0 Å². The number of hydrogen-bond donors (Lipinski definition) is 3. The SMILES string of the molecule is CC(NCCCN(C)C(C)C)c1ccc(NC(N)=O)cc1. The summed E-state index contributed by atoms with van der Waals surface area (Å²) in [6.45, 7) is 8.64. The summed E-state index contributed by atoms with van der Waals surface area (Å²) in [4.78, 5) is 13.1. The molecule has 0 saturated heterocycles. The van der Waals surface area contributed by atoms with Crippen LogP contribution in [0.15, 0.2) is 24.3 Å². The summed E-state index contributed by atoms with van der Waals surface area (Å²) < 4.78 is 0. The zero-order chi connectivity index (χ0) is 15.8. The molecule has 0 saturated carbocycles. The Morgan fingerprint density at radius 2 is 1.86 bits per heavy atom. The number of carbonyl (C=O) groups excluding carboxylic acids is 1. The number of benzene rings is 1. The second kappa shape index (κ2) is 8.64. The Balaban J connectivity index is 2.35. The fourth-order valence-electron chi connectivity index (χ4n) is 2.02. The van der Waals surface area contributed by atoms with E-state index in [4.69, 9.17) is 5.73 Å². The highest BCUT2D eigenvalue weighted by atomic mass is 16.2. The molecule has 1 aromatic carbocycles. The van der Waals surface area contributed by atoms with Crippen molar-refractivity contribution in [3.05, 3.63) is 29.8 Å². The van der Waals surface area contributed by atoms with Gasteiger partial charge >= 0.3 is 6.03 Å². The monoisotopic (exact) mass is 292 g/mol. The van der Waals surface area contributed by atoms with Crippen LogP contribution >= 0.6 is 0 Å². The van der Waals surface area contributed by atoms with Gasteiger partial charge in [0.2, 0.25) is 0 Å². The Bertz CT molecular complexity index is 430. The fraction of sp³-hybridized carbons (Fsp3) is 0.562. The summed E-state index contributed by atoms with van der Waals surface area (Å²) >= 11 is 0. The third-order valence-electron chi connectivity index (χ3n) is 3.70. The Kier molecular flexibility index (Phi) is 7.19. The third kappa shape index (κ3) is 6.60. The lowest BCUT2D eigenvalue weighted by Gasteiger charge is -2.21. The molecule has 0 heterocycles. The van der Waals surface area contributed by atoms with Crippen LogP contribution in [0.3, 0.4) is 0 Å². The molecule has 2 amide bonds. The van der Waals surface area contributed by atoms with Crippen LogP contribution in [0.4, 0.5) is 10.5 Å². The van der Waals surface area contributed by atoms with Gasteiger partial charge < -0.3 is 21.3 Å². The highest BCUT2D eigenvalue weighted by molar-refractivity contribution is 5.87. The third-order valence-corrected chi connectivity index (χ3v) is 3.70. The smallest absolute Gasteiger partial charge is 0.316 e.